The second-order valence-corrected chi connectivity index (χ2v) is 15.6. The van der Waals surface area contributed by atoms with Crippen molar-refractivity contribution in [3.63, 3.8) is 0 Å². The van der Waals surface area contributed by atoms with Crippen molar-refractivity contribution >= 4 is 53.3 Å². The molecule has 2 heterocycles. The van der Waals surface area contributed by atoms with E-state index in [-0.39, 0.29) is 0 Å². The molecule has 9 aromatic carbocycles. The fourth-order valence-corrected chi connectivity index (χ4v) is 9.63. The van der Waals surface area contributed by atoms with Gasteiger partial charge >= 0.3 is 0 Å². The Morgan fingerprint density at radius 3 is 1.27 bits per heavy atom. The summed E-state index contributed by atoms with van der Waals surface area (Å²) in [6, 6.07) is 77.5. The lowest BCUT2D eigenvalue weighted by Crippen LogP contribution is -1.94. The summed E-state index contributed by atoms with van der Waals surface area (Å²) >= 11 is 1.88. The van der Waals surface area contributed by atoms with Crippen LogP contribution in [0.2, 0.25) is 0 Å². The predicted octanol–water partition coefficient (Wildman–Crippen LogP) is 15.5. The van der Waals surface area contributed by atoms with Crippen molar-refractivity contribution in [2.24, 2.45) is 0 Å². The quantitative estimate of drug-likeness (QED) is 0.161. The Kier molecular flexibility index (Phi) is 7.75. The summed E-state index contributed by atoms with van der Waals surface area (Å²) in [4.78, 5) is 0. The molecule has 0 amide bonds. The van der Waals surface area contributed by atoms with E-state index in [1.807, 2.05) is 11.3 Å². The lowest BCUT2D eigenvalue weighted by Gasteiger charge is -2.12. The first kappa shape index (κ1) is 32.4. The molecule has 0 aliphatic rings. The Balaban J connectivity index is 0.924. The molecule has 2 heteroatoms. The van der Waals surface area contributed by atoms with Gasteiger partial charge in [0.2, 0.25) is 0 Å². The van der Waals surface area contributed by atoms with Gasteiger partial charge in [0, 0.05) is 36.6 Å². The van der Waals surface area contributed by atoms with Crippen LogP contribution in [0.4, 0.5) is 0 Å². The third kappa shape index (κ3) is 5.54. The fraction of sp³-hybridized carbons (Fsp3) is 0. The highest BCUT2D eigenvalue weighted by Crippen LogP contribution is 2.41. The predicted molar refractivity (Wildman–Crippen MR) is 241 cm³/mol. The number of thiophene rings is 1. The Labute approximate surface area is 330 Å². The summed E-state index contributed by atoms with van der Waals surface area (Å²) in [6.07, 6.45) is 0. The number of hydrogen-bond acceptors (Lipinski definition) is 1. The molecular formula is C54H35NS. The van der Waals surface area contributed by atoms with Gasteiger partial charge in [-0.3, -0.25) is 0 Å². The molecule has 1 nitrogen and oxygen atoms in total. The topological polar surface area (TPSA) is 4.93 Å². The maximum Gasteiger partial charge on any atom is 0.0547 e. The molecule has 0 saturated carbocycles. The number of hydrogen-bond donors (Lipinski definition) is 0. The zero-order valence-corrected chi connectivity index (χ0v) is 31.4. The maximum atomic E-state index is 2.43. The molecule has 0 fully saturated rings. The van der Waals surface area contributed by atoms with Crippen molar-refractivity contribution in [3.05, 3.63) is 212 Å². The summed E-state index contributed by atoms with van der Waals surface area (Å²) in [6.45, 7) is 0. The van der Waals surface area contributed by atoms with Gasteiger partial charge in [-0.1, -0.05) is 182 Å². The molecule has 0 aliphatic carbocycles. The molecule has 0 spiro atoms. The fourth-order valence-electron chi connectivity index (χ4n) is 8.39. The van der Waals surface area contributed by atoms with Crippen molar-refractivity contribution < 1.29 is 0 Å². The first-order valence-corrected chi connectivity index (χ1v) is 20.0. The van der Waals surface area contributed by atoms with Gasteiger partial charge in [-0.2, -0.15) is 0 Å². The lowest BCUT2D eigenvalue weighted by atomic mass is 9.97. The smallest absolute Gasteiger partial charge is 0.0547 e. The van der Waals surface area contributed by atoms with Crippen molar-refractivity contribution in [2.45, 2.75) is 0 Å². The molecule has 0 radical (unpaired) electrons. The monoisotopic (exact) mass is 729 g/mol. The van der Waals surface area contributed by atoms with E-state index in [1.165, 1.54) is 97.6 Å². The van der Waals surface area contributed by atoms with E-state index in [1.54, 1.807) is 0 Å². The van der Waals surface area contributed by atoms with E-state index < -0.39 is 0 Å². The third-order valence-electron chi connectivity index (χ3n) is 11.3. The largest absolute Gasteiger partial charge is 0.309 e. The lowest BCUT2D eigenvalue weighted by molar-refractivity contribution is 1.18. The summed E-state index contributed by atoms with van der Waals surface area (Å²) in [5.74, 6) is 0. The van der Waals surface area contributed by atoms with Crippen molar-refractivity contribution in [1.82, 2.24) is 4.57 Å². The average Bonchev–Trinajstić information content (AvgIpc) is 3.82. The van der Waals surface area contributed by atoms with Crippen LogP contribution in [-0.4, -0.2) is 4.57 Å². The second kappa shape index (κ2) is 13.4. The maximum absolute atomic E-state index is 2.43. The zero-order chi connectivity index (χ0) is 37.0. The van der Waals surface area contributed by atoms with Crippen LogP contribution in [0.25, 0.3) is 103 Å². The number of benzene rings is 9. The Morgan fingerprint density at radius 1 is 0.286 bits per heavy atom. The van der Waals surface area contributed by atoms with E-state index in [0.29, 0.717) is 0 Å². The Hall–Kier alpha value is -7.00. The van der Waals surface area contributed by atoms with Gasteiger partial charge in [0.1, 0.15) is 0 Å². The molecule has 11 aromatic rings. The van der Waals surface area contributed by atoms with Gasteiger partial charge in [-0.25, -0.2) is 0 Å². The second-order valence-electron chi connectivity index (χ2n) is 14.5. The normalized spacial score (nSPS) is 11.6. The van der Waals surface area contributed by atoms with Crippen LogP contribution in [0, 0.1) is 0 Å². The summed E-state index contributed by atoms with van der Waals surface area (Å²) in [5.41, 5.74) is 15.8. The summed E-state index contributed by atoms with van der Waals surface area (Å²) in [7, 11) is 0. The van der Waals surface area contributed by atoms with E-state index in [9.17, 15) is 0 Å². The van der Waals surface area contributed by atoms with Crippen LogP contribution in [0.5, 0.6) is 0 Å². The molecular weight excluding hydrogens is 695 g/mol. The Bertz CT molecular complexity index is 3090. The molecule has 0 bridgehead atoms. The minimum atomic E-state index is 1.15. The zero-order valence-electron chi connectivity index (χ0n) is 30.6. The van der Waals surface area contributed by atoms with E-state index >= 15 is 0 Å². The number of rotatable bonds is 6. The minimum Gasteiger partial charge on any atom is -0.309 e. The van der Waals surface area contributed by atoms with Gasteiger partial charge in [0.15, 0.2) is 0 Å². The molecule has 0 aliphatic heterocycles. The molecule has 0 unspecified atom stereocenters. The van der Waals surface area contributed by atoms with Gasteiger partial charge in [-0.05, 0) is 86.0 Å². The van der Waals surface area contributed by atoms with Crippen molar-refractivity contribution in [2.75, 3.05) is 0 Å². The molecule has 0 saturated heterocycles. The third-order valence-corrected chi connectivity index (χ3v) is 12.5. The summed E-state index contributed by atoms with van der Waals surface area (Å²) in [5, 5.41) is 5.18. The summed E-state index contributed by atoms with van der Waals surface area (Å²) < 4.78 is 5.12. The van der Waals surface area contributed by atoms with Gasteiger partial charge in [0.25, 0.3) is 0 Å². The van der Waals surface area contributed by atoms with E-state index in [0.717, 1.165) is 5.69 Å². The standard InChI is InChI=1S/C54H35NS/c1-3-10-36(11-4-1)43-28-32-47-48-33-29-44(37-12-5-2-6-13-37)35-52(48)55(51(47)34-43)45-30-26-41(27-31-45)39-20-18-38(19-21-39)40-22-24-42(25-23-40)46-15-9-16-50-49-14-7-8-17-53(49)56-54(46)50/h1-35H. The van der Waals surface area contributed by atoms with Crippen LogP contribution < -0.4 is 0 Å². The highest BCUT2D eigenvalue weighted by molar-refractivity contribution is 7.26. The van der Waals surface area contributed by atoms with Crippen molar-refractivity contribution in [3.8, 4) is 61.3 Å². The molecule has 2 aromatic heterocycles. The number of fused-ring (bicyclic) bond motifs is 6. The van der Waals surface area contributed by atoms with Crippen LogP contribution >= 0.6 is 11.3 Å². The van der Waals surface area contributed by atoms with E-state index in [4.69, 9.17) is 0 Å². The Morgan fingerprint density at radius 2 is 0.714 bits per heavy atom. The molecule has 0 N–H and O–H groups in total. The van der Waals surface area contributed by atoms with Gasteiger partial charge in [-0.15, -0.1) is 11.3 Å². The molecule has 262 valence electrons. The van der Waals surface area contributed by atoms with Crippen LogP contribution in [0.3, 0.4) is 0 Å². The highest BCUT2D eigenvalue weighted by atomic mass is 32.1. The van der Waals surface area contributed by atoms with Crippen LogP contribution in [-0.2, 0) is 0 Å². The van der Waals surface area contributed by atoms with Gasteiger partial charge in [0.05, 0.1) is 11.0 Å². The molecule has 11 rings (SSSR count). The van der Waals surface area contributed by atoms with Crippen LogP contribution in [0.1, 0.15) is 0 Å². The SMILES string of the molecule is c1ccc(-c2ccc3c4ccc(-c5ccccc5)cc4n(-c4ccc(-c5ccc(-c6ccc(-c7cccc8c7sc7ccccc78)cc6)cc5)cc4)c3c2)cc1. The van der Waals surface area contributed by atoms with E-state index in [2.05, 4.69) is 217 Å². The average molecular weight is 730 g/mol. The first-order chi connectivity index (χ1) is 27.7. The highest BCUT2D eigenvalue weighted by Gasteiger charge is 2.16. The van der Waals surface area contributed by atoms with Crippen molar-refractivity contribution in [1.29, 1.82) is 0 Å². The molecule has 0 atom stereocenters. The van der Waals surface area contributed by atoms with Gasteiger partial charge < -0.3 is 4.57 Å². The minimum absolute atomic E-state index is 1.15. The molecule has 56 heavy (non-hydrogen) atoms. The number of nitrogens with zero attached hydrogens (tertiary/aromatic N) is 1. The van der Waals surface area contributed by atoms with Crippen LogP contribution in [0.15, 0.2) is 212 Å². The first-order valence-electron chi connectivity index (χ1n) is 19.2. The number of aromatic nitrogens is 1.